The van der Waals surface area contributed by atoms with Crippen molar-refractivity contribution in [3.63, 3.8) is 0 Å². The molecular weight excluding hydrogens is 278 g/mol. The van der Waals surface area contributed by atoms with Crippen LogP contribution in [0.5, 0.6) is 5.75 Å². The van der Waals surface area contributed by atoms with E-state index in [0.717, 1.165) is 12.0 Å². The Balaban J connectivity index is 1.87. The summed E-state index contributed by atoms with van der Waals surface area (Å²) in [5.41, 5.74) is 2.49. The Morgan fingerprint density at radius 2 is 1.77 bits per heavy atom. The van der Waals surface area contributed by atoms with Crippen molar-refractivity contribution in [2.75, 3.05) is 20.3 Å². The van der Waals surface area contributed by atoms with Crippen LogP contribution < -0.4 is 4.74 Å². The number of hydrogen-bond acceptors (Lipinski definition) is 4. The van der Waals surface area contributed by atoms with Gasteiger partial charge in [-0.1, -0.05) is 24.3 Å². The van der Waals surface area contributed by atoms with E-state index in [2.05, 4.69) is 0 Å². The van der Waals surface area contributed by atoms with E-state index >= 15 is 0 Å². The van der Waals surface area contributed by atoms with Gasteiger partial charge in [0.2, 0.25) is 0 Å². The Labute approximate surface area is 130 Å². The minimum atomic E-state index is -0.721. The number of aliphatic hydroxyl groups is 1. The summed E-state index contributed by atoms with van der Waals surface area (Å²) in [5.74, 6) is 0.717. The van der Waals surface area contributed by atoms with Crippen molar-refractivity contribution < 1.29 is 14.6 Å². The van der Waals surface area contributed by atoms with E-state index < -0.39 is 6.10 Å². The molecule has 0 aliphatic carbocycles. The van der Waals surface area contributed by atoms with Gasteiger partial charge in [-0.2, -0.15) is 5.26 Å². The number of aliphatic hydroxyl groups excluding tert-OH is 1. The van der Waals surface area contributed by atoms with E-state index in [1.165, 1.54) is 5.56 Å². The minimum absolute atomic E-state index is 0.170. The number of benzene rings is 2. The van der Waals surface area contributed by atoms with E-state index in [-0.39, 0.29) is 6.61 Å². The molecule has 4 nitrogen and oxygen atoms in total. The molecule has 0 saturated heterocycles. The summed E-state index contributed by atoms with van der Waals surface area (Å²) < 4.78 is 10.6. The van der Waals surface area contributed by atoms with Crippen LogP contribution in [0.15, 0.2) is 48.5 Å². The fourth-order valence-corrected chi connectivity index (χ4v) is 2.02. The van der Waals surface area contributed by atoms with Crippen LogP contribution in [0.3, 0.4) is 0 Å². The van der Waals surface area contributed by atoms with E-state index in [9.17, 15) is 5.11 Å². The van der Waals surface area contributed by atoms with Gasteiger partial charge >= 0.3 is 0 Å². The number of hydrogen-bond donors (Lipinski definition) is 1. The third-order valence-electron chi connectivity index (χ3n) is 3.35. The van der Waals surface area contributed by atoms with Gasteiger partial charge in [0, 0.05) is 7.11 Å². The second-order valence-corrected chi connectivity index (χ2v) is 4.95. The van der Waals surface area contributed by atoms with Crippen LogP contribution in [0, 0.1) is 11.3 Å². The molecule has 0 radical (unpaired) electrons. The molecule has 1 atom stereocenters. The monoisotopic (exact) mass is 297 g/mol. The highest BCUT2D eigenvalue weighted by Gasteiger charge is 2.08. The summed E-state index contributed by atoms with van der Waals surface area (Å²) in [6.45, 7) is 0.862. The van der Waals surface area contributed by atoms with Crippen molar-refractivity contribution in [3.8, 4) is 11.8 Å². The molecule has 4 heteroatoms. The first-order valence-electron chi connectivity index (χ1n) is 7.11. The van der Waals surface area contributed by atoms with Crippen molar-refractivity contribution >= 4 is 0 Å². The van der Waals surface area contributed by atoms with Crippen LogP contribution >= 0.6 is 0 Å². The van der Waals surface area contributed by atoms with E-state index in [0.29, 0.717) is 17.9 Å². The van der Waals surface area contributed by atoms with Crippen molar-refractivity contribution in [3.05, 3.63) is 65.2 Å². The third-order valence-corrected chi connectivity index (χ3v) is 3.35. The Morgan fingerprint density at radius 3 is 2.36 bits per heavy atom. The first kappa shape index (κ1) is 16.0. The van der Waals surface area contributed by atoms with Crippen molar-refractivity contribution in [1.29, 1.82) is 5.26 Å². The van der Waals surface area contributed by atoms with Gasteiger partial charge in [-0.15, -0.1) is 0 Å². The molecule has 1 N–H and O–H groups in total. The molecule has 0 bridgehead atoms. The summed E-state index contributed by atoms with van der Waals surface area (Å²) in [4.78, 5) is 0. The summed E-state index contributed by atoms with van der Waals surface area (Å²) in [6.07, 6.45) is 0.144. The van der Waals surface area contributed by atoms with Crippen molar-refractivity contribution in [1.82, 2.24) is 0 Å². The molecule has 114 valence electrons. The Morgan fingerprint density at radius 1 is 1.09 bits per heavy atom. The van der Waals surface area contributed by atoms with Gasteiger partial charge in [-0.05, 0) is 41.8 Å². The summed E-state index contributed by atoms with van der Waals surface area (Å²) >= 11 is 0. The maximum Gasteiger partial charge on any atom is 0.119 e. The predicted octanol–water partition coefficient (Wildman–Crippen LogP) is 2.86. The molecule has 1 unspecified atom stereocenters. The van der Waals surface area contributed by atoms with E-state index in [4.69, 9.17) is 14.7 Å². The second-order valence-electron chi connectivity index (χ2n) is 4.95. The standard InChI is InChI=1S/C18H19NO3/c1-21-11-10-14-4-8-17(9-5-14)22-13-18(20)16-6-2-15(12-19)3-7-16/h2-9,18,20H,10-11,13H2,1H3. The Bertz CT molecular complexity index is 614. The van der Waals surface area contributed by atoms with Crippen LogP contribution in [0.2, 0.25) is 0 Å². The van der Waals surface area contributed by atoms with Gasteiger partial charge in [0.05, 0.1) is 18.2 Å². The number of nitrogens with zero attached hydrogens (tertiary/aromatic N) is 1. The summed E-state index contributed by atoms with van der Waals surface area (Å²) in [6, 6.07) is 16.6. The molecule has 0 saturated carbocycles. The highest BCUT2D eigenvalue weighted by Crippen LogP contribution is 2.18. The fourth-order valence-electron chi connectivity index (χ4n) is 2.02. The maximum atomic E-state index is 10.1. The lowest BCUT2D eigenvalue weighted by molar-refractivity contribution is 0.108. The molecule has 0 amide bonds. The first-order chi connectivity index (χ1) is 10.7. The average Bonchev–Trinajstić information content (AvgIpc) is 2.58. The predicted molar refractivity (Wildman–Crippen MR) is 83.6 cm³/mol. The van der Waals surface area contributed by atoms with Gasteiger partial charge in [-0.25, -0.2) is 0 Å². The fraction of sp³-hybridized carbons (Fsp3) is 0.278. The molecule has 2 aromatic rings. The number of methoxy groups -OCH3 is 1. The zero-order valence-electron chi connectivity index (χ0n) is 12.5. The van der Waals surface area contributed by atoms with Crippen LogP contribution in [-0.2, 0) is 11.2 Å². The Kier molecular flexibility index (Phi) is 5.96. The average molecular weight is 297 g/mol. The van der Waals surface area contributed by atoms with Crippen molar-refractivity contribution in [2.45, 2.75) is 12.5 Å². The lowest BCUT2D eigenvalue weighted by Crippen LogP contribution is -2.09. The zero-order valence-corrected chi connectivity index (χ0v) is 12.5. The summed E-state index contributed by atoms with van der Waals surface area (Å²) in [7, 11) is 1.68. The Hall–Kier alpha value is -2.35. The van der Waals surface area contributed by atoms with Crippen LogP contribution in [0.1, 0.15) is 22.8 Å². The van der Waals surface area contributed by atoms with Gasteiger partial charge in [0.25, 0.3) is 0 Å². The lowest BCUT2D eigenvalue weighted by atomic mass is 10.1. The highest BCUT2D eigenvalue weighted by molar-refractivity contribution is 5.32. The van der Waals surface area contributed by atoms with E-state index in [1.807, 2.05) is 30.3 Å². The van der Waals surface area contributed by atoms with Crippen LogP contribution in [0.4, 0.5) is 0 Å². The molecule has 0 spiro atoms. The van der Waals surface area contributed by atoms with Gasteiger partial charge in [0.1, 0.15) is 18.5 Å². The molecular formula is C18H19NO3. The van der Waals surface area contributed by atoms with Crippen LogP contribution in [-0.4, -0.2) is 25.4 Å². The number of nitriles is 1. The largest absolute Gasteiger partial charge is 0.491 e. The molecule has 0 aliphatic rings. The number of rotatable bonds is 7. The number of ether oxygens (including phenoxy) is 2. The van der Waals surface area contributed by atoms with E-state index in [1.54, 1.807) is 31.4 Å². The topological polar surface area (TPSA) is 62.5 Å². The third kappa shape index (κ3) is 4.59. The smallest absolute Gasteiger partial charge is 0.119 e. The minimum Gasteiger partial charge on any atom is -0.491 e. The van der Waals surface area contributed by atoms with Gasteiger partial charge in [-0.3, -0.25) is 0 Å². The molecule has 2 rings (SSSR count). The maximum absolute atomic E-state index is 10.1. The lowest BCUT2D eigenvalue weighted by Gasteiger charge is -2.13. The molecule has 0 aliphatic heterocycles. The zero-order chi connectivity index (χ0) is 15.8. The normalized spacial score (nSPS) is 11.7. The second kappa shape index (κ2) is 8.18. The SMILES string of the molecule is COCCc1ccc(OCC(O)c2ccc(C#N)cc2)cc1. The highest BCUT2D eigenvalue weighted by atomic mass is 16.5. The molecule has 0 fully saturated rings. The van der Waals surface area contributed by atoms with Crippen molar-refractivity contribution in [2.24, 2.45) is 0 Å². The first-order valence-corrected chi connectivity index (χ1v) is 7.11. The molecule has 0 heterocycles. The molecule has 0 aromatic heterocycles. The summed E-state index contributed by atoms with van der Waals surface area (Å²) in [5, 5.41) is 18.8. The van der Waals surface area contributed by atoms with Gasteiger partial charge < -0.3 is 14.6 Å². The molecule has 22 heavy (non-hydrogen) atoms. The quantitative estimate of drug-likeness (QED) is 0.853. The molecule has 2 aromatic carbocycles. The van der Waals surface area contributed by atoms with Gasteiger partial charge in [0.15, 0.2) is 0 Å². The van der Waals surface area contributed by atoms with Crippen LogP contribution in [0.25, 0.3) is 0 Å².